The van der Waals surface area contributed by atoms with Crippen molar-refractivity contribution in [2.75, 3.05) is 0 Å². The zero-order valence-electron chi connectivity index (χ0n) is 7.23. The summed E-state index contributed by atoms with van der Waals surface area (Å²) in [6.45, 7) is 1.27. The van der Waals surface area contributed by atoms with E-state index in [4.69, 9.17) is 5.73 Å². The van der Waals surface area contributed by atoms with E-state index in [1.165, 1.54) is 6.92 Å². The molecule has 1 aromatic carbocycles. The van der Waals surface area contributed by atoms with Crippen LogP contribution in [0.1, 0.15) is 12.5 Å². The van der Waals surface area contributed by atoms with Gasteiger partial charge in [-0.25, -0.2) is 4.79 Å². The highest BCUT2D eigenvalue weighted by Gasteiger charge is 1.97. The lowest BCUT2D eigenvalue weighted by Crippen LogP contribution is -2.14. The van der Waals surface area contributed by atoms with Crippen molar-refractivity contribution in [2.24, 2.45) is 10.9 Å². The Morgan fingerprint density at radius 3 is 2.54 bits per heavy atom. The molecule has 0 aliphatic heterocycles. The average molecular weight is 178 g/mol. The third kappa shape index (κ3) is 2.94. The van der Waals surface area contributed by atoms with Gasteiger partial charge in [-0.1, -0.05) is 35.5 Å². The fourth-order valence-corrected chi connectivity index (χ4v) is 0.775. The molecule has 0 atom stereocenters. The smallest absolute Gasteiger partial charge is 0.332 e. The molecule has 1 rings (SSSR count). The molecule has 0 bridgehead atoms. The van der Waals surface area contributed by atoms with Crippen molar-refractivity contribution in [1.82, 2.24) is 0 Å². The molecule has 0 amide bonds. The molecular weight excluding hydrogens is 168 g/mol. The predicted molar refractivity (Wildman–Crippen MR) is 48.9 cm³/mol. The Morgan fingerprint density at radius 2 is 2.00 bits per heavy atom. The molecule has 4 heteroatoms. The minimum Gasteiger partial charge on any atom is -0.380 e. The maximum atomic E-state index is 10.4. The highest BCUT2D eigenvalue weighted by Crippen LogP contribution is 1.97. The Labute approximate surface area is 76.0 Å². The summed E-state index contributed by atoms with van der Waals surface area (Å²) >= 11 is 0. The van der Waals surface area contributed by atoms with Crippen LogP contribution < -0.4 is 5.73 Å². The molecule has 1 aromatic rings. The molecule has 2 N–H and O–H groups in total. The van der Waals surface area contributed by atoms with E-state index in [1.54, 1.807) is 12.1 Å². The van der Waals surface area contributed by atoms with Crippen molar-refractivity contribution in [2.45, 2.75) is 6.92 Å². The van der Waals surface area contributed by atoms with Crippen LogP contribution in [0.4, 0.5) is 0 Å². The Hall–Kier alpha value is -1.84. The van der Waals surface area contributed by atoms with Gasteiger partial charge in [-0.2, -0.15) is 0 Å². The van der Waals surface area contributed by atoms with Crippen molar-refractivity contribution in [3.63, 3.8) is 0 Å². The van der Waals surface area contributed by atoms with E-state index in [0.717, 1.165) is 5.56 Å². The summed E-state index contributed by atoms with van der Waals surface area (Å²) in [7, 11) is 0. The minimum atomic E-state index is -0.487. The number of carbonyl (C=O) groups is 1. The molecular formula is C9H10N2O2. The van der Waals surface area contributed by atoms with Gasteiger partial charge in [0.1, 0.15) is 0 Å². The number of carbonyl (C=O) groups excluding carboxylic acids is 1. The molecule has 0 heterocycles. The molecule has 0 aromatic heterocycles. The lowest BCUT2D eigenvalue weighted by atomic mass is 10.2. The molecule has 13 heavy (non-hydrogen) atoms. The number of benzene rings is 1. The number of hydrogen-bond acceptors (Lipinski definition) is 3. The van der Waals surface area contributed by atoms with Crippen LogP contribution in [-0.2, 0) is 9.63 Å². The maximum absolute atomic E-state index is 10.4. The Morgan fingerprint density at radius 1 is 1.38 bits per heavy atom. The van der Waals surface area contributed by atoms with Crippen LogP contribution in [0.25, 0.3) is 0 Å². The van der Waals surface area contributed by atoms with Gasteiger partial charge in [0.15, 0.2) is 5.84 Å². The average Bonchev–Trinajstić information content (AvgIpc) is 2.15. The van der Waals surface area contributed by atoms with Crippen molar-refractivity contribution in [3.05, 3.63) is 35.9 Å². The van der Waals surface area contributed by atoms with Gasteiger partial charge in [-0.3, -0.25) is 0 Å². The van der Waals surface area contributed by atoms with Gasteiger partial charge in [0.2, 0.25) is 0 Å². The Balaban J connectivity index is 2.73. The Kier molecular flexibility index (Phi) is 3.03. The van der Waals surface area contributed by atoms with E-state index in [9.17, 15) is 4.79 Å². The van der Waals surface area contributed by atoms with E-state index < -0.39 is 5.97 Å². The standard InChI is InChI=1S/C9H10N2O2/c1-7(12)13-11-9(10)8-5-3-2-4-6-8/h2-6H,1H3,(H2,10,11). The topological polar surface area (TPSA) is 64.7 Å². The van der Waals surface area contributed by atoms with Crippen LogP contribution in [0.15, 0.2) is 35.5 Å². The van der Waals surface area contributed by atoms with Crippen LogP contribution >= 0.6 is 0 Å². The molecule has 0 saturated heterocycles. The van der Waals surface area contributed by atoms with Crippen LogP contribution in [-0.4, -0.2) is 11.8 Å². The van der Waals surface area contributed by atoms with Gasteiger partial charge >= 0.3 is 5.97 Å². The molecule has 0 radical (unpaired) electrons. The van der Waals surface area contributed by atoms with Gasteiger partial charge < -0.3 is 10.6 Å². The quantitative estimate of drug-likeness (QED) is 0.316. The number of nitrogens with two attached hydrogens (primary N) is 1. The first-order chi connectivity index (χ1) is 6.20. The lowest BCUT2D eigenvalue weighted by Gasteiger charge is -1.97. The third-order valence-corrected chi connectivity index (χ3v) is 1.34. The van der Waals surface area contributed by atoms with E-state index in [1.807, 2.05) is 18.2 Å². The Bertz CT molecular complexity index is 320. The van der Waals surface area contributed by atoms with E-state index in [-0.39, 0.29) is 5.84 Å². The van der Waals surface area contributed by atoms with Crippen LogP contribution in [0.2, 0.25) is 0 Å². The summed E-state index contributed by atoms with van der Waals surface area (Å²) in [6, 6.07) is 9.07. The third-order valence-electron chi connectivity index (χ3n) is 1.34. The van der Waals surface area contributed by atoms with Crippen LogP contribution in [0.3, 0.4) is 0 Å². The molecule has 68 valence electrons. The number of rotatable bonds is 2. The second-order valence-electron chi connectivity index (χ2n) is 2.43. The number of oxime groups is 1. The maximum Gasteiger partial charge on any atom is 0.332 e. The summed E-state index contributed by atoms with van der Waals surface area (Å²) in [5, 5.41) is 3.44. The fourth-order valence-electron chi connectivity index (χ4n) is 0.775. The summed E-state index contributed by atoms with van der Waals surface area (Å²) in [4.78, 5) is 14.8. The normalized spacial score (nSPS) is 11.0. The summed E-state index contributed by atoms with van der Waals surface area (Å²) in [5.74, 6) is -0.297. The summed E-state index contributed by atoms with van der Waals surface area (Å²) < 4.78 is 0. The molecule has 0 spiro atoms. The first-order valence-electron chi connectivity index (χ1n) is 3.76. The van der Waals surface area contributed by atoms with Gasteiger partial charge in [-0.05, 0) is 0 Å². The monoisotopic (exact) mass is 178 g/mol. The van der Waals surface area contributed by atoms with E-state index in [0.29, 0.717) is 0 Å². The molecule has 0 saturated carbocycles. The zero-order valence-corrected chi connectivity index (χ0v) is 7.23. The summed E-state index contributed by atoms with van der Waals surface area (Å²) in [5.41, 5.74) is 6.24. The van der Waals surface area contributed by atoms with Gasteiger partial charge in [0, 0.05) is 12.5 Å². The summed E-state index contributed by atoms with van der Waals surface area (Å²) in [6.07, 6.45) is 0. The van der Waals surface area contributed by atoms with Gasteiger partial charge in [0.05, 0.1) is 0 Å². The lowest BCUT2D eigenvalue weighted by molar-refractivity contribution is -0.140. The molecule has 0 unspecified atom stereocenters. The number of hydrogen-bond donors (Lipinski definition) is 1. The molecule has 0 aliphatic carbocycles. The highest BCUT2D eigenvalue weighted by atomic mass is 16.7. The zero-order chi connectivity index (χ0) is 9.68. The van der Waals surface area contributed by atoms with Gasteiger partial charge in [0.25, 0.3) is 0 Å². The molecule has 0 aliphatic rings. The van der Waals surface area contributed by atoms with Crippen LogP contribution in [0.5, 0.6) is 0 Å². The van der Waals surface area contributed by atoms with Crippen LogP contribution in [0, 0.1) is 0 Å². The second-order valence-corrected chi connectivity index (χ2v) is 2.43. The highest BCUT2D eigenvalue weighted by molar-refractivity contribution is 5.97. The van der Waals surface area contributed by atoms with Crippen molar-refractivity contribution in [1.29, 1.82) is 0 Å². The van der Waals surface area contributed by atoms with E-state index >= 15 is 0 Å². The fraction of sp³-hybridized carbons (Fsp3) is 0.111. The van der Waals surface area contributed by atoms with E-state index in [2.05, 4.69) is 9.99 Å². The first kappa shape index (κ1) is 9.25. The van der Waals surface area contributed by atoms with Crippen molar-refractivity contribution in [3.8, 4) is 0 Å². The molecule has 0 fully saturated rings. The van der Waals surface area contributed by atoms with Crippen molar-refractivity contribution >= 4 is 11.8 Å². The van der Waals surface area contributed by atoms with Gasteiger partial charge in [-0.15, -0.1) is 0 Å². The van der Waals surface area contributed by atoms with Crippen molar-refractivity contribution < 1.29 is 9.63 Å². The molecule has 4 nitrogen and oxygen atoms in total. The predicted octanol–water partition coefficient (Wildman–Crippen LogP) is 0.870. The largest absolute Gasteiger partial charge is 0.380 e. The first-order valence-corrected chi connectivity index (χ1v) is 3.76. The SMILES string of the molecule is CC(=O)ON=C(N)c1ccccc1. The number of nitrogens with zero attached hydrogens (tertiary/aromatic N) is 1. The number of amidine groups is 1. The second kappa shape index (κ2) is 4.25. The minimum absolute atomic E-state index is 0.191.